The van der Waals surface area contributed by atoms with E-state index in [1.807, 2.05) is 24.3 Å². The fraction of sp³-hybridized carbons (Fsp3) is 0.304. The molecule has 2 heterocycles. The zero-order chi connectivity index (χ0) is 18.1. The van der Waals surface area contributed by atoms with E-state index in [1.54, 1.807) is 10.6 Å². The van der Waals surface area contributed by atoms with Gasteiger partial charge in [0.1, 0.15) is 5.65 Å². The third kappa shape index (κ3) is 3.28. The van der Waals surface area contributed by atoms with E-state index in [4.69, 9.17) is 4.98 Å². The Balaban J connectivity index is 1.75. The summed E-state index contributed by atoms with van der Waals surface area (Å²) < 4.78 is 1.66. The summed E-state index contributed by atoms with van der Waals surface area (Å²) in [7, 11) is 0. The van der Waals surface area contributed by atoms with Gasteiger partial charge in [-0.05, 0) is 56.4 Å². The lowest BCUT2D eigenvalue weighted by atomic mass is 10.0. The minimum Gasteiger partial charge on any atom is -0.269 e. The number of nitrogens with zero attached hydrogens (tertiary/aromatic N) is 2. The minimum absolute atomic E-state index is 0.0804. The summed E-state index contributed by atoms with van der Waals surface area (Å²) in [5.41, 5.74) is 5.72. The van der Waals surface area contributed by atoms with Gasteiger partial charge in [0.25, 0.3) is 5.56 Å². The van der Waals surface area contributed by atoms with Gasteiger partial charge >= 0.3 is 0 Å². The number of rotatable bonds is 0. The molecule has 0 aliphatic heterocycles. The SMILES string of the molecule is Cc1ccc(C#Cc2ccn3c(=O)c4c(nc3c2)CCCC(C)C4)cc1. The predicted octanol–water partition coefficient (Wildman–Crippen LogP) is 3.92. The summed E-state index contributed by atoms with van der Waals surface area (Å²) in [6, 6.07) is 12.0. The highest BCUT2D eigenvalue weighted by Gasteiger charge is 2.19. The highest BCUT2D eigenvalue weighted by atomic mass is 16.1. The van der Waals surface area contributed by atoms with Gasteiger partial charge in [-0.15, -0.1) is 0 Å². The zero-order valence-electron chi connectivity index (χ0n) is 15.2. The summed E-state index contributed by atoms with van der Waals surface area (Å²) in [6.07, 6.45) is 5.79. The number of pyridine rings is 1. The molecule has 0 bridgehead atoms. The van der Waals surface area contributed by atoms with E-state index in [0.717, 1.165) is 48.1 Å². The van der Waals surface area contributed by atoms with Crippen LogP contribution in [0.2, 0.25) is 0 Å². The average Bonchev–Trinajstić information content (AvgIpc) is 2.82. The van der Waals surface area contributed by atoms with Crippen molar-refractivity contribution in [3.63, 3.8) is 0 Å². The van der Waals surface area contributed by atoms with Crippen molar-refractivity contribution in [1.29, 1.82) is 0 Å². The standard InChI is InChI=1S/C23H22N2O/c1-16-6-8-18(9-7-16)10-11-19-12-13-25-22(15-19)24-21-5-3-4-17(2)14-20(21)23(25)26/h6-9,12-13,15,17H,3-5,14H2,1-2H3. The lowest BCUT2D eigenvalue weighted by Gasteiger charge is -2.09. The number of benzene rings is 1. The first-order valence-corrected chi connectivity index (χ1v) is 9.23. The molecule has 1 atom stereocenters. The molecule has 1 aliphatic carbocycles. The Morgan fingerprint density at radius 1 is 1.12 bits per heavy atom. The molecule has 3 heteroatoms. The molecule has 0 saturated carbocycles. The molecule has 0 N–H and O–H groups in total. The van der Waals surface area contributed by atoms with Gasteiger partial charge in [0, 0.05) is 22.9 Å². The highest BCUT2D eigenvalue weighted by molar-refractivity contribution is 5.51. The Labute approximate surface area is 153 Å². The van der Waals surface area contributed by atoms with E-state index in [0.29, 0.717) is 11.6 Å². The van der Waals surface area contributed by atoms with Crippen molar-refractivity contribution in [1.82, 2.24) is 9.38 Å². The second-order valence-electron chi connectivity index (χ2n) is 7.30. The molecule has 3 aromatic rings. The van der Waals surface area contributed by atoms with E-state index in [1.165, 1.54) is 5.56 Å². The van der Waals surface area contributed by atoms with E-state index >= 15 is 0 Å². The highest BCUT2D eigenvalue weighted by Crippen LogP contribution is 2.21. The number of aromatic nitrogens is 2. The first-order valence-electron chi connectivity index (χ1n) is 9.23. The quantitative estimate of drug-likeness (QED) is 0.458. The summed E-state index contributed by atoms with van der Waals surface area (Å²) in [4.78, 5) is 17.7. The van der Waals surface area contributed by atoms with Crippen molar-refractivity contribution in [3.05, 3.63) is 80.9 Å². The lowest BCUT2D eigenvalue weighted by Crippen LogP contribution is -2.23. The van der Waals surface area contributed by atoms with Crippen LogP contribution in [0.3, 0.4) is 0 Å². The van der Waals surface area contributed by atoms with Crippen molar-refractivity contribution in [2.75, 3.05) is 0 Å². The molecule has 0 amide bonds. The van der Waals surface area contributed by atoms with Gasteiger partial charge in [-0.2, -0.15) is 0 Å². The summed E-state index contributed by atoms with van der Waals surface area (Å²) in [5.74, 6) is 6.91. The number of aryl methyl sites for hydroxylation is 2. The largest absolute Gasteiger partial charge is 0.269 e. The predicted molar refractivity (Wildman–Crippen MR) is 104 cm³/mol. The van der Waals surface area contributed by atoms with Crippen molar-refractivity contribution >= 4 is 5.65 Å². The van der Waals surface area contributed by atoms with Crippen LogP contribution in [0.4, 0.5) is 0 Å². The monoisotopic (exact) mass is 342 g/mol. The smallest absolute Gasteiger partial charge is 0.261 e. The van der Waals surface area contributed by atoms with Gasteiger partial charge in [-0.25, -0.2) is 4.98 Å². The number of fused-ring (bicyclic) bond motifs is 2. The van der Waals surface area contributed by atoms with Crippen LogP contribution in [0.15, 0.2) is 47.4 Å². The maximum Gasteiger partial charge on any atom is 0.261 e. The Kier molecular flexibility index (Phi) is 4.34. The molecule has 2 aromatic heterocycles. The van der Waals surface area contributed by atoms with Crippen molar-refractivity contribution < 1.29 is 0 Å². The molecule has 0 radical (unpaired) electrons. The minimum atomic E-state index is 0.0804. The van der Waals surface area contributed by atoms with E-state index in [-0.39, 0.29) is 5.56 Å². The van der Waals surface area contributed by atoms with Crippen LogP contribution in [0, 0.1) is 24.7 Å². The van der Waals surface area contributed by atoms with Gasteiger partial charge in [-0.1, -0.05) is 42.9 Å². The number of hydrogen-bond acceptors (Lipinski definition) is 2. The van der Waals surface area contributed by atoms with Crippen LogP contribution < -0.4 is 5.56 Å². The van der Waals surface area contributed by atoms with Crippen molar-refractivity contribution in [3.8, 4) is 11.8 Å². The van der Waals surface area contributed by atoms with E-state index < -0.39 is 0 Å². The maximum atomic E-state index is 12.9. The van der Waals surface area contributed by atoms with E-state index in [9.17, 15) is 4.79 Å². The lowest BCUT2D eigenvalue weighted by molar-refractivity contribution is 0.525. The molecule has 1 aliphatic rings. The summed E-state index contributed by atoms with van der Waals surface area (Å²) in [5, 5.41) is 0. The van der Waals surface area contributed by atoms with E-state index in [2.05, 4.69) is 37.8 Å². The Hall–Kier alpha value is -2.86. The normalized spacial score (nSPS) is 16.5. The summed E-state index contributed by atoms with van der Waals surface area (Å²) in [6.45, 7) is 4.28. The maximum absolute atomic E-state index is 12.9. The fourth-order valence-electron chi connectivity index (χ4n) is 3.56. The van der Waals surface area contributed by atoms with Crippen LogP contribution in [-0.2, 0) is 12.8 Å². The van der Waals surface area contributed by atoms with Crippen LogP contribution >= 0.6 is 0 Å². The molecule has 26 heavy (non-hydrogen) atoms. The van der Waals surface area contributed by atoms with Crippen LogP contribution in [-0.4, -0.2) is 9.38 Å². The summed E-state index contributed by atoms with van der Waals surface area (Å²) >= 11 is 0. The Morgan fingerprint density at radius 3 is 2.69 bits per heavy atom. The molecular weight excluding hydrogens is 320 g/mol. The third-order valence-electron chi connectivity index (χ3n) is 5.08. The molecule has 1 unspecified atom stereocenters. The second kappa shape index (κ2) is 6.80. The van der Waals surface area contributed by atoms with Crippen molar-refractivity contribution in [2.45, 2.75) is 39.5 Å². The first-order chi connectivity index (χ1) is 12.6. The fourth-order valence-corrected chi connectivity index (χ4v) is 3.56. The average molecular weight is 342 g/mol. The second-order valence-corrected chi connectivity index (χ2v) is 7.30. The molecule has 0 fully saturated rings. The van der Waals surface area contributed by atoms with Crippen LogP contribution in [0.1, 0.15) is 47.7 Å². The molecule has 3 nitrogen and oxygen atoms in total. The van der Waals surface area contributed by atoms with Crippen LogP contribution in [0.5, 0.6) is 0 Å². The number of hydrogen-bond donors (Lipinski definition) is 0. The zero-order valence-corrected chi connectivity index (χ0v) is 15.2. The molecule has 0 saturated heterocycles. The topological polar surface area (TPSA) is 34.4 Å². The Bertz CT molecular complexity index is 1080. The van der Waals surface area contributed by atoms with Crippen LogP contribution in [0.25, 0.3) is 5.65 Å². The van der Waals surface area contributed by atoms with Crippen molar-refractivity contribution in [2.24, 2.45) is 5.92 Å². The third-order valence-corrected chi connectivity index (χ3v) is 5.08. The molecule has 4 rings (SSSR count). The van der Waals surface area contributed by atoms with Gasteiger partial charge in [-0.3, -0.25) is 9.20 Å². The van der Waals surface area contributed by atoms with Gasteiger partial charge < -0.3 is 0 Å². The molecule has 0 spiro atoms. The van der Waals surface area contributed by atoms with Gasteiger partial charge in [0.15, 0.2) is 0 Å². The molecule has 130 valence electrons. The van der Waals surface area contributed by atoms with Gasteiger partial charge in [0.2, 0.25) is 0 Å². The molecular formula is C23H22N2O. The molecule has 1 aromatic carbocycles. The van der Waals surface area contributed by atoms with Gasteiger partial charge in [0.05, 0.1) is 5.69 Å². The first kappa shape index (κ1) is 16.6. The Morgan fingerprint density at radius 2 is 1.88 bits per heavy atom.